The highest BCUT2D eigenvalue weighted by Crippen LogP contribution is 2.34. The van der Waals surface area contributed by atoms with Crippen molar-refractivity contribution >= 4 is 51.9 Å². The SMILES string of the molecule is O=[N+]([O-])c1c(Nc2ccc(F)c(F)c2)ncnc1Nc1ccc(Cl)c(Cl)c1. The molecule has 3 rings (SSSR count). The Morgan fingerprint density at radius 3 is 2.04 bits per heavy atom. The van der Waals surface area contributed by atoms with Crippen LogP contribution in [0.2, 0.25) is 10.0 Å². The van der Waals surface area contributed by atoms with Gasteiger partial charge in [0.1, 0.15) is 6.33 Å². The number of nitrogens with one attached hydrogen (secondary N) is 2. The van der Waals surface area contributed by atoms with Crippen molar-refractivity contribution in [2.45, 2.75) is 0 Å². The van der Waals surface area contributed by atoms with E-state index in [2.05, 4.69) is 20.6 Å². The van der Waals surface area contributed by atoms with E-state index in [1.807, 2.05) is 0 Å². The Morgan fingerprint density at radius 1 is 0.889 bits per heavy atom. The van der Waals surface area contributed by atoms with Crippen LogP contribution in [0.25, 0.3) is 0 Å². The number of nitrogens with zero attached hydrogens (tertiary/aromatic N) is 3. The molecule has 27 heavy (non-hydrogen) atoms. The first kappa shape index (κ1) is 18.7. The summed E-state index contributed by atoms with van der Waals surface area (Å²) >= 11 is 11.8. The molecule has 0 fully saturated rings. The molecule has 138 valence electrons. The van der Waals surface area contributed by atoms with Crippen LogP contribution in [0.4, 0.5) is 37.5 Å². The molecule has 0 radical (unpaired) electrons. The van der Waals surface area contributed by atoms with Crippen molar-refractivity contribution in [3.8, 4) is 0 Å². The topological polar surface area (TPSA) is 93.0 Å². The van der Waals surface area contributed by atoms with Crippen LogP contribution in [0, 0.1) is 21.7 Å². The van der Waals surface area contributed by atoms with Crippen molar-refractivity contribution < 1.29 is 13.7 Å². The number of anilines is 4. The van der Waals surface area contributed by atoms with E-state index in [-0.39, 0.29) is 22.3 Å². The van der Waals surface area contributed by atoms with E-state index in [1.165, 1.54) is 18.2 Å². The predicted molar refractivity (Wildman–Crippen MR) is 98.1 cm³/mol. The summed E-state index contributed by atoms with van der Waals surface area (Å²) in [7, 11) is 0. The monoisotopic (exact) mass is 411 g/mol. The quantitative estimate of drug-likeness (QED) is 0.427. The Labute approximate surface area is 161 Å². The van der Waals surface area contributed by atoms with Crippen molar-refractivity contribution in [1.82, 2.24) is 9.97 Å². The minimum atomic E-state index is -1.11. The van der Waals surface area contributed by atoms with Gasteiger partial charge in [0.05, 0.1) is 15.0 Å². The van der Waals surface area contributed by atoms with Crippen LogP contribution in [0.15, 0.2) is 42.7 Å². The third kappa shape index (κ3) is 4.21. The normalized spacial score (nSPS) is 10.5. The number of aromatic nitrogens is 2. The van der Waals surface area contributed by atoms with E-state index >= 15 is 0 Å². The maximum absolute atomic E-state index is 13.4. The minimum absolute atomic E-state index is 0.0798. The number of rotatable bonds is 5. The average Bonchev–Trinajstić information content (AvgIpc) is 2.61. The summed E-state index contributed by atoms with van der Waals surface area (Å²) < 4.78 is 26.4. The first-order valence-corrected chi connectivity index (χ1v) is 8.04. The number of halogens is 4. The second-order valence-electron chi connectivity index (χ2n) is 5.18. The Morgan fingerprint density at radius 2 is 1.48 bits per heavy atom. The lowest BCUT2D eigenvalue weighted by atomic mass is 10.3. The van der Waals surface area contributed by atoms with Crippen LogP contribution < -0.4 is 10.6 Å². The summed E-state index contributed by atoms with van der Waals surface area (Å²) in [6, 6.07) is 7.50. The Kier molecular flexibility index (Phi) is 5.33. The molecule has 0 aliphatic carbocycles. The molecule has 0 spiro atoms. The molecular weight excluding hydrogens is 403 g/mol. The Bertz CT molecular complexity index is 964. The zero-order valence-corrected chi connectivity index (χ0v) is 14.7. The smallest absolute Gasteiger partial charge is 0.334 e. The molecule has 0 bridgehead atoms. The maximum atomic E-state index is 13.4. The molecule has 0 amide bonds. The van der Waals surface area contributed by atoms with Crippen molar-refractivity contribution in [3.05, 3.63) is 74.5 Å². The van der Waals surface area contributed by atoms with Gasteiger partial charge >= 0.3 is 5.69 Å². The number of benzene rings is 2. The fourth-order valence-electron chi connectivity index (χ4n) is 2.16. The molecule has 0 aliphatic rings. The zero-order valence-electron chi connectivity index (χ0n) is 13.2. The van der Waals surface area contributed by atoms with Gasteiger partial charge in [-0.05, 0) is 30.3 Å². The third-order valence-corrected chi connectivity index (χ3v) is 4.11. The number of hydrogen-bond acceptors (Lipinski definition) is 6. The van der Waals surface area contributed by atoms with Crippen molar-refractivity contribution in [2.75, 3.05) is 10.6 Å². The summed E-state index contributed by atoms with van der Waals surface area (Å²) in [5.74, 6) is -2.48. The molecular formula is C16H9Cl2F2N5O2. The van der Waals surface area contributed by atoms with E-state index in [0.717, 1.165) is 18.5 Å². The van der Waals surface area contributed by atoms with Gasteiger partial charge in [0.15, 0.2) is 11.6 Å². The highest BCUT2D eigenvalue weighted by atomic mass is 35.5. The Hall–Kier alpha value is -3.04. The summed E-state index contributed by atoms with van der Waals surface area (Å²) in [6.07, 6.45) is 1.08. The van der Waals surface area contributed by atoms with Gasteiger partial charge in [-0.25, -0.2) is 18.7 Å². The van der Waals surface area contributed by atoms with Gasteiger partial charge in [-0.1, -0.05) is 23.2 Å². The maximum Gasteiger partial charge on any atom is 0.353 e. The first-order chi connectivity index (χ1) is 12.8. The van der Waals surface area contributed by atoms with Crippen molar-refractivity contribution in [1.29, 1.82) is 0 Å². The van der Waals surface area contributed by atoms with Gasteiger partial charge in [-0.3, -0.25) is 10.1 Å². The lowest BCUT2D eigenvalue weighted by Gasteiger charge is -2.10. The fourth-order valence-corrected chi connectivity index (χ4v) is 2.45. The van der Waals surface area contributed by atoms with Crippen LogP contribution in [-0.4, -0.2) is 14.9 Å². The molecule has 3 aromatic rings. The zero-order chi connectivity index (χ0) is 19.6. The lowest BCUT2D eigenvalue weighted by molar-refractivity contribution is -0.383. The predicted octanol–water partition coefficient (Wildman–Crippen LogP) is 5.46. The molecule has 0 unspecified atom stereocenters. The van der Waals surface area contributed by atoms with E-state index in [0.29, 0.717) is 10.7 Å². The lowest BCUT2D eigenvalue weighted by Crippen LogP contribution is -2.05. The second kappa shape index (κ2) is 7.68. The number of nitro groups is 1. The van der Waals surface area contributed by atoms with E-state index in [1.54, 1.807) is 6.07 Å². The second-order valence-corrected chi connectivity index (χ2v) is 6.00. The van der Waals surface area contributed by atoms with Gasteiger partial charge < -0.3 is 10.6 Å². The molecule has 0 saturated heterocycles. The molecule has 2 N–H and O–H groups in total. The van der Waals surface area contributed by atoms with Crippen LogP contribution >= 0.6 is 23.2 Å². The molecule has 0 saturated carbocycles. The molecule has 0 aliphatic heterocycles. The highest BCUT2D eigenvalue weighted by molar-refractivity contribution is 6.42. The van der Waals surface area contributed by atoms with Crippen LogP contribution in [0.1, 0.15) is 0 Å². The Balaban J connectivity index is 1.97. The van der Waals surface area contributed by atoms with Crippen molar-refractivity contribution in [3.63, 3.8) is 0 Å². The fraction of sp³-hybridized carbons (Fsp3) is 0. The summed E-state index contributed by atoms with van der Waals surface area (Å²) in [4.78, 5) is 18.5. The molecule has 1 aromatic heterocycles. The summed E-state index contributed by atoms with van der Waals surface area (Å²) in [5, 5.41) is 17.4. The summed E-state index contributed by atoms with van der Waals surface area (Å²) in [5.41, 5.74) is -0.00512. The molecule has 7 nitrogen and oxygen atoms in total. The van der Waals surface area contributed by atoms with E-state index < -0.39 is 22.2 Å². The molecule has 11 heteroatoms. The standard InChI is InChI=1S/C16H9Cl2F2N5O2/c17-10-3-1-8(5-11(10)18)23-15-14(25(26)27)16(22-7-21-15)24-9-2-4-12(19)13(20)6-9/h1-7H,(H2,21,22,23,24). The molecule has 1 heterocycles. The first-order valence-electron chi connectivity index (χ1n) is 7.28. The van der Waals surface area contributed by atoms with Gasteiger partial charge in [-0.15, -0.1) is 0 Å². The third-order valence-electron chi connectivity index (χ3n) is 3.37. The van der Waals surface area contributed by atoms with Crippen LogP contribution in [-0.2, 0) is 0 Å². The average molecular weight is 412 g/mol. The summed E-state index contributed by atoms with van der Waals surface area (Å²) in [6.45, 7) is 0. The van der Waals surface area contributed by atoms with E-state index in [4.69, 9.17) is 23.2 Å². The van der Waals surface area contributed by atoms with Gasteiger partial charge in [-0.2, -0.15) is 0 Å². The van der Waals surface area contributed by atoms with Gasteiger partial charge in [0, 0.05) is 17.4 Å². The van der Waals surface area contributed by atoms with Gasteiger partial charge in [0.25, 0.3) is 0 Å². The van der Waals surface area contributed by atoms with Crippen LogP contribution in [0.5, 0.6) is 0 Å². The number of hydrogen-bond donors (Lipinski definition) is 2. The highest BCUT2D eigenvalue weighted by Gasteiger charge is 2.23. The van der Waals surface area contributed by atoms with E-state index in [9.17, 15) is 18.9 Å². The molecule has 2 aromatic carbocycles. The van der Waals surface area contributed by atoms with Crippen LogP contribution in [0.3, 0.4) is 0 Å². The van der Waals surface area contributed by atoms with Gasteiger partial charge in [0.2, 0.25) is 11.6 Å². The molecule has 0 atom stereocenters. The minimum Gasteiger partial charge on any atom is -0.334 e. The largest absolute Gasteiger partial charge is 0.353 e. The van der Waals surface area contributed by atoms with Crippen molar-refractivity contribution in [2.24, 2.45) is 0 Å².